The van der Waals surface area contributed by atoms with Crippen molar-refractivity contribution in [2.24, 2.45) is 0 Å². The topological polar surface area (TPSA) is 41.6 Å². The van der Waals surface area contributed by atoms with Gasteiger partial charge >= 0.3 is 12.3 Å². The molecule has 0 aliphatic carbocycles. The van der Waals surface area contributed by atoms with Crippen LogP contribution in [0.3, 0.4) is 0 Å². The standard InChI is InChI=1S/C11H19F3N2O2/c1-9(2,3)18-8(17)16-6-5-15-7-10(16,4)11(12,13)14/h15H,5-7H2,1-4H3. The van der Waals surface area contributed by atoms with Crippen molar-refractivity contribution in [1.29, 1.82) is 0 Å². The van der Waals surface area contributed by atoms with Gasteiger partial charge in [-0.1, -0.05) is 0 Å². The van der Waals surface area contributed by atoms with E-state index in [4.69, 9.17) is 4.74 Å². The lowest BCUT2D eigenvalue weighted by molar-refractivity contribution is -0.224. The highest BCUT2D eigenvalue weighted by molar-refractivity contribution is 5.69. The van der Waals surface area contributed by atoms with Gasteiger partial charge in [0.25, 0.3) is 0 Å². The van der Waals surface area contributed by atoms with E-state index in [9.17, 15) is 18.0 Å². The van der Waals surface area contributed by atoms with Crippen molar-refractivity contribution in [3.05, 3.63) is 0 Å². The first kappa shape index (κ1) is 15.1. The van der Waals surface area contributed by atoms with E-state index in [0.717, 1.165) is 11.8 Å². The summed E-state index contributed by atoms with van der Waals surface area (Å²) in [4.78, 5) is 12.6. The van der Waals surface area contributed by atoms with Gasteiger partial charge in [-0.25, -0.2) is 4.79 Å². The average Bonchev–Trinajstić information content (AvgIpc) is 2.13. The number of nitrogens with zero attached hydrogens (tertiary/aromatic N) is 1. The van der Waals surface area contributed by atoms with Gasteiger partial charge in [-0.05, 0) is 27.7 Å². The zero-order valence-electron chi connectivity index (χ0n) is 11.0. The largest absolute Gasteiger partial charge is 0.444 e. The quantitative estimate of drug-likeness (QED) is 0.732. The van der Waals surface area contributed by atoms with E-state index in [1.165, 1.54) is 0 Å². The van der Waals surface area contributed by atoms with Gasteiger partial charge in [0.05, 0.1) is 0 Å². The summed E-state index contributed by atoms with van der Waals surface area (Å²) in [6.45, 7) is 5.85. The molecule has 0 aromatic heterocycles. The SMILES string of the molecule is CC(C)(C)OC(=O)N1CCNCC1(C)C(F)(F)F. The summed E-state index contributed by atoms with van der Waals surface area (Å²) in [5, 5.41) is 2.66. The van der Waals surface area contributed by atoms with Crippen molar-refractivity contribution >= 4 is 6.09 Å². The molecule has 18 heavy (non-hydrogen) atoms. The number of carbonyl (C=O) groups excluding carboxylic acids is 1. The van der Waals surface area contributed by atoms with Gasteiger partial charge < -0.3 is 10.1 Å². The Kier molecular flexibility index (Phi) is 3.86. The Morgan fingerprint density at radius 3 is 2.33 bits per heavy atom. The molecule has 0 radical (unpaired) electrons. The minimum atomic E-state index is -4.50. The summed E-state index contributed by atoms with van der Waals surface area (Å²) in [5.74, 6) is 0. The van der Waals surface area contributed by atoms with Crippen LogP contribution >= 0.6 is 0 Å². The minimum Gasteiger partial charge on any atom is -0.444 e. The third-order valence-electron chi connectivity index (χ3n) is 2.80. The van der Waals surface area contributed by atoms with Gasteiger partial charge in [0.2, 0.25) is 0 Å². The summed E-state index contributed by atoms with van der Waals surface area (Å²) in [5.41, 5.74) is -3.04. The van der Waals surface area contributed by atoms with E-state index in [2.05, 4.69) is 5.32 Å². The van der Waals surface area contributed by atoms with Gasteiger partial charge in [-0.3, -0.25) is 4.90 Å². The van der Waals surface area contributed by atoms with Crippen LogP contribution in [0.4, 0.5) is 18.0 Å². The second kappa shape index (κ2) is 4.60. The first-order valence-corrected chi connectivity index (χ1v) is 5.75. The molecule has 1 fully saturated rings. The molecule has 4 nitrogen and oxygen atoms in total. The molecular formula is C11H19F3N2O2. The molecule has 1 saturated heterocycles. The van der Waals surface area contributed by atoms with E-state index in [1.807, 2.05) is 0 Å². The molecule has 1 amide bonds. The smallest absolute Gasteiger partial charge is 0.412 e. The van der Waals surface area contributed by atoms with Crippen molar-refractivity contribution in [1.82, 2.24) is 10.2 Å². The number of amides is 1. The van der Waals surface area contributed by atoms with Gasteiger partial charge in [0.15, 0.2) is 5.54 Å². The van der Waals surface area contributed by atoms with Gasteiger partial charge in [0.1, 0.15) is 5.60 Å². The van der Waals surface area contributed by atoms with Gasteiger partial charge in [0, 0.05) is 19.6 Å². The number of carbonyl (C=O) groups is 1. The Balaban J connectivity index is 2.93. The zero-order valence-corrected chi connectivity index (χ0v) is 11.0. The molecule has 0 saturated carbocycles. The van der Waals surface area contributed by atoms with Crippen LogP contribution in [0.1, 0.15) is 27.7 Å². The highest BCUT2D eigenvalue weighted by Crippen LogP contribution is 2.36. The summed E-state index contributed by atoms with van der Waals surface area (Å²) < 4.78 is 44.3. The Morgan fingerprint density at radius 1 is 1.33 bits per heavy atom. The Labute approximate surface area is 104 Å². The second-order valence-electron chi connectivity index (χ2n) is 5.58. The normalized spacial score (nSPS) is 26.1. The average molecular weight is 268 g/mol. The highest BCUT2D eigenvalue weighted by Gasteiger charge is 2.58. The van der Waals surface area contributed by atoms with Crippen molar-refractivity contribution in [3.8, 4) is 0 Å². The number of hydrogen-bond acceptors (Lipinski definition) is 3. The number of piperazine rings is 1. The first-order valence-electron chi connectivity index (χ1n) is 5.75. The molecule has 0 bridgehead atoms. The molecule has 1 N–H and O–H groups in total. The van der Waals surface area contributed by atoms with Crippen LogP contribution in [0.5, 0.6) is 0 Å². The van der Waals surface area contributed by atoms with Crippen LogP contribution in [0, 0.1) is 0 Å². The van der Waals surface area contributed by atoms with Gasteiger partial charge in [-0.2, -0.15) is 13.2 Å². The van der Waals surface area contributed by atoms with Crippen molar-refractivity contribution in [2.75, 3.05) is 19.6 Å². The summed E-state index contributed by atoms with van der Waals surface area (Å²) in [7, 11) is 0. The molecule has 1 heterocycles. The number of alkyl halides is 3. The van der Waals surface area contributed by atoms with E-state index >= 15 is 0 Å². The van der Waals surface area contributed by atoms with Crippen molar-refractivity contribution in [3.63, 3.8) is 0 Å². The lowest BCUT2D eigenvalue weighted by Crippen LogP contribution is -2.68. The fourth-order valence-corrected chi connectivity index (χ4v) is 1.73. The minimum absolute atomic E-state index is 0.0229. The monoisotopic (exact) mass is 268 g/mol. The maximum atomic E-state index is 13.1. The third kappa shape index (κ3) is 3.07. The van der Waals surface area contributed by atoms with Crippen molar-refractivity contribution < 1.29 is 22.7 Å². The molecule has 1 unspecified atom stereocenters. The summed E-state index contributed by atoms with van der Waals surface area (Å²) in [6.07, 6.45) is -5.43. The number of rotatable bonds is 0. The fourth-order valence-electron chi connectivity index (χ4n) is 1.73. The highest BCUT2D eigenvalue weighted by atomic mass is 19.4. The van der Waals surface area contributed by atoms with E-state index in [1.54, 1.807) is 20.8 Å². The summed E-state index contributed by atoms with van der Waals surface area (Å²) in [6, 6.07) is 0. The maximum absolute atomic E-state index is 13.1. The number of halogens is 3. The van der Waals surface area contributed by atoms with Gasteiger partial charge in [-0.15, -0.1) is 0 Å². The van der Waals surface area contributed by atoms with Crippen LogP contribution in [0.2, 0.25) is 0 Å². The Hall–Kier alpha value is -0.980. The molecule has 106 valence electrons. The molecular weight excluding hydrogens is 249 g/mol. The third-order valence-corrected chi connectivity index (χ3v) is 2.80. The lowest BCUT2D eigenvalue weighted by Gasteiger charge is -2.45. The number of nitrogens with one attached hydrogen (secondary N) is 1. The Morgan fingerprint density at radius 2 is 1.89 bits per heavy atom. The van der Waals surface area contributed by atoms with Crippen LogP contribution < -0.4 is 5.32 Å². The predicted molar refractivity (Wildman–Crippen MR) is 60.3 cm³/mol. The van der Waals surface area contributed by atoms with Crippen LogP contribution in [0.25, 0.3) is 0 Å². The first-order chi connectivity index (χ1) is 7.97. The molecule has 1 aliphatic rings. The fraction of sp³-hybridized carbons (Fsp3) is 0.909. The molecule has 7 heteroatoms. The molecule has 0 aromatic carbocycles. The predicted octanol–water partition coefficient (Wildman–Crippen LogP) is 2.15. The molecule has 0 spiro atoms. The molecule has 0 aromatic rings. The van der Waals surface area contributed by atoms with Crippen LogP contribution in [-0.4, -0.2) is 47.9 Å². The van der Waals surface area contributed by atoms with E-state index < -0.39 is 23.4 Å². The molecule has 1 rings (SSSR count). The zero-order chi connectivity index (χ0) is 14.2. The summed E-state index contributed by atoms with van der Waals surface area (Å²) >= 11 is 0. The number of hydrogen-bond donors (Lipinski definition) is 1. The Bertz CT molecular complexity index is 325. The maximum Gasteiger partial charge on any atom is 0.412 e. The lowest BCUT2D eigenvalue weighted by atomic mass is 9.97. The van der Waals surface area contributed by atoms with E-state index in [0.29, 0.717) is 6.54 Å². The molecule has 1 aliphatic heterocycles. The number of ether oxygens (including phenoxy) is 1. The van der Waals surface area contributed by atoms with E-state index in [-0.39, 0.29) is 13.1 Å². The second-order valence-corrected chi connectivity index (χ2v) is 5.58. The van der Waals surface area contributed by atoms with Crippen LogP contribution in [-0.2, 0) is 4.74 Å². The molecule has 1 atom stereocenters. The van der Waals surface area contributed by atoms with Crippen LogP contribution in [0.15, 0.2) is 0 Å². The van der Waals surface area contributed by atoms with Crippen molar-refractivity contribution in [2.45, 2.75) is 45.0 Å².